The molecule has 3 aromatic rings. The van der Waals surface area contributed by atoms with Gasteiger partial charge in [0.05, 0.1) is 34.9 Å². The Bertz CT molecular complexity index is 1530. The first-order valence-electron chi connectivity index (χ1n) is 15.3. The smallest absolute Gasteiger partial charge is 0.272 e. The summed E-state index contributed by atoms with van der Waals surface area (Å²) >= 11 is 0. The summed E-state index contributed by atoms with van der Waals surface area (Å²) in [5.74, 6) is -0.223. The van der Waals surface area contributed by atoms with Crippen LogP contribution >= 0.6 is 0 Å². The molecule has 0 saturated carbocycles. The van der Waals surface area contributed by atoms with Crippen molar-refractivity contribution in [3.8, 4) is 5.75 Å². The first-order chi connectivity index (χ1) is 21.3. The van der Waals surface area contributed by atoms with E-state index < -0.39 is 22.1 Å². The molecule has 11 nitrogen and oxygen atoms in total. The van der Waals surface area contributed by atoms with E-state index in [1.54, 1.807) is 6.07 Å². The minimum Gasteiger partial charge on any atom is -0.493 e. The Hall–Kier alpha value is -3.68. The summed E-state index contributed by atoms with van der Waals surface area (Å²) in [4.78, 5) is 34.4. The summed E-state index contributed by atoms with van der Waals surface area (Å²) in [5, 5.41) is 10.8. The summed E-state index contributed by atoms with van der Waals surface area (Å²) in [6.07, 6.45) is 5.28. The number of fused-ring (bicyclic) bond motifs is 1. The van der Waals surface area contributed by atoms with Crippen LogP contribution in [0.15, 0.2) is 35.1 Å². The molecule has 4 heterocycles. The number of rotatable bonds is 9. The number of nitrogens with zero attached hydrogens (tertiary/aromatic N) is 4. The average Bonchev–Trinajstić information content (AvgIpc) is 3.03. The molecule has 3 saturated heterocycles. The lowest BCUT2D eigenvalue weighted by Crippen LogP contribution is -2.48. The van der Waals surface area contributed by atoms with Gasteiger partial charge < -0.3 is 29.0 Å². The van der Waals surface area contributed by atoms with Gasteiger partial charge in [-0.1, -0.05) is 0 Å². The van der Waals surface area contributed by atoms with Crippen LogP contribution < -0.4 is 15.2 Å². The quantitative estimate of drug-likeness (QED) is 0.273. The predicted octanol–water partition coefficient (Wildman–Crippen LogP) is 4.56. The molecule has 0 unspecified atom stereocenters. The standard InChI is InChI=1S/C31H37F2N5O6/c32-25-15-22(38(40)41)1-2-28(25)37-11-5-21(6-12-37)36-9-3-20(4-10-36)18-43-24-16-26(33)30-27(17-24)34-29(35-31(30)39)19-44-23-7-13-42-14-8-23/h1-2,15-17,20-21,23H,3-14,18-19H2,(H,34,35,39). The second-order valence-electron chi connectivity index (χ2n) is 11.8. The van der Waals surface area contributed by atoms with Crippen LogP contribution in [0.1, 0.15) is 44.3 Å². The number of nitro benzene ring substituents is 1. The van der Waals surface area contributed by atoms with Gasteiger partial charge in [0.2, 0.25) is 0 Å². The Kier molecular flexibility index (Phi) is 9.33. The topological polar surface area (TPSA) is 123 Å². The number of hydrogen-bond donors (Lipinski definition) is 1. The van der Waals surface area contributed by atoms with E-state index in [9.17, 15) is 23.7 Å². The van der Waals surface area contributed by atoms with Gasteiger partial charge in [0.25, 0.3) is 11.2 Å². The zero-order valence-corrected chi connectivity index (χ0v) is 24.5. The van der Waals surface area contributed by atoms with Crippen molar-refractivity contribution in [1.29, 1.82) is 0 Å². The van der Waals surface area contributed by atoms with Crippen LogP contribution in [0.2, 0.25) is 0 Å². The Morgan fingerprint density at radius 2 is 1.75 bits per heavy atom. The van der Waals surface area contributed by atoms with Gasteiger partial charge in [-0.15, -0.1) is 0 Å². The fourth-order valence-electron chi connectivity index (χ4n) is 6.48. The highest BCUT2D eigenvalue weighted by atomic mass is 19.1. The average molecular weight is 614 g/mol. The molecule has 0 atom stereocenters. The van der Waals surface area contributed by atoms with Gasteiger partial charge in [0.1, 0.15) is 29.4 Å². The van der Waals surface area contributed by atoms with Crippen LogP contribution in [0.5, 0.6) is 5.75 Å². The molecule has 0 aliphatic carbocycles. The second kappa shape index (κ2) is 13.5. The molecule has 0 spiro atoms. The molecule has 13 heteroatoms. The summed E-state index contributed by atoms with van der Waals surface area (Å²) in [6, 6.07) is 7.09. The van der Waals surface area contributed by atoms with Gasteiger partial charge in [-0.3, -0.25) is 14.9 Å². The summed E-state index contributed by atoms with van der Waals surface area (Å²) in [6.45, 7) is 5.09. The highest BCUT2D eigenvalue weighted by molar-refractivity contribution is 5.79. The molecule has 2 aromatic carbocycles. The Balaban J connectivity index is 0.988. The van der Waals surface area contributed by atoms with Crippen LogP contribution in [0.3, 0.4) is 0 Å². The number of hydrogen-bond acceptors (Lipinski definition) is 9. The van der Waals surface area contributed by atoms with Crippen molar-refractivity contribution in [2.24, 2.45) is 5.92 Å². The van der Waals surface area contributed by atoms with Crippen LogP contribution in [-0.2, 0) is 16.1 Å². The van der Waals surface area contributed by atoms with Gasteiger partial charge in [-0.2, -0.15) is 0 Å². The second-order valence-corrected chi connectivity index (χ2v) is 11.8. The lowest BCUT2D eigenvalue weighted by atomic mass is 9.94. The zero-order chi connectivity index (χ0) is 30.6. The Labute approximate surface area is 253 Å². The lowest BCUT2D eigenvalue weighted by Gasteiger charge is -2.42. The normalized spacial score (nSPS) is 19.5. The molecule has 3 aliphatic heterocycles. The number of benzene rings is 2. The summed E-state index contributed by atoms with van der Waals surface area (Å²) in [5.41, 5.74) is -0.134. The number of non-ortho nitro benzene ring substituents is 1. The number of piperidine rings is 2. The molecular weight excluding hydrogens is 576 g/mol. The van der Waals surface area contributed by atoms with Crippen molar-refractivity contribution < 1.29 is 27.9 Å². The molecule has 236 valence electrons. The number of ether oxygens (including phenoxy) is 3. The number of halogens is 2. The Morgan fingerprint density at radius 1 is 1.00 bits per heavy atom. The van der Waals surface area contributed by atoms with Crippen LogP contribution in [0, 0.1) is 27.7 Å². The van der Waals surface area contributed by atoms with E-state index in [0.29, 0.717) is 62.1 Å². The fraction of sp³-hybridized carbons (Fsp3) is 0.548. The maximum Gasteiger partial charge on any atom is 0.272 e. The van der Waals surface area contributed by atoms with E-state index >= 15 is 0 Å². The van der Waals surface area contributed by atoms with E-state index in [2.05, 4.69) is 14.9 Å². The minimum absolute atomic E-state index is 0.0439. The van der Waals surface area contributed by atoms with Crippen molar-refractivity contribution in [3.05, 3.63) is 68.3 Å². The fourth-order valence-corrected chi connectivity index (χ4v) is 6.48. The van der Waals surface area contributed by atoms with Gasteiger partial charge in [-0.05, 0) is 63.6 Å². The first-order valence-corrected chi connectivity index (χ1v) is 15.3. The van der Waals surface area contributed by atoms with E-state index in [-0.39, 0.29) is 29.3 Å². The number of nitrogens with one attached hydrogen (secondary N) is 1. The van der Waals surface area contributed by atoms with Gasteiger partial charge in [0.15, 0.2) is 5.82 Å². The number of aromatic amines is 1. The number of likely N-dealkylation sites (tertiary alicyclic amines) is 1. The zero-order valence-electron chi connectivity index (χ0n) is 24.5. The van der Waals surface area contributed by atoms with Crippen molar-refractivity contribution in [3.63, 3.8) is 0 Å². The number of nitro groups is 1. The highest BCUT2D eigenvalue weighted by Crippen LogP contribution is 2.30. The van der Waals surface area contributed by atoms with Crippen LogP contribution in [0.4, 0.5) is 20.2 Å². The van der Waals surface area contributed by atoms with E-state index in [4.69, 9.17) is 14.2 Å². The van der Waals surface area contributed by atoms with Crippen molar-refractivity contribution in [2.45, 2.75) is 57.3 Å². The molecule has 1 aromatic heterocycles. The first kappa shape index (κ1) is 30.4. The van der Waals surface area contributed by atoms with E-state index in [0.717, 1.165) is 57.7 Å². The third kappa shape index (κ3) is 7.00. The molecule has 6 rings (SSSR count). The lowest BCUT2D eigenvalue weighted by molar-refractivity contribution is -0.385. The minimum atomic E-state index is -0.669. The third-order valence-electron chi connectivity index (χ3n) is 9.01. The molecule has 3 fully saturated rings. The Morgan fingerprint density at radius 3 is 2.45 bits per heavy atom. The van der Waals surface area contributed by atoms with Gasteiger partial charge in [-0.25, -0.2) is 13.8 Å². The number of H-pyrrole nitrogens is 1. The van der Waals surface area contributed by atoms with Crippen molar-refractivity contribution in [2.75, 3.05) is 50.9 Å². The molecule has 0 amide bonds. The number of anilines is 1. The van der Waals surface area contributed by atoms with E-state index in [1.165, 1.54) is 18.2 Å². The summed E-state index contributed by atoms with van der Waals surface area (Å²) < 4.78 is 46.6. The number of aromatic nitrogens is 2. The third-order valence-corrected chi connectivity index (χ3v) is 9.01. The summed E-state index contributed by atoms with van der Waals surface area (Å²) in [7, 11) is 0. The largest absolute Gasteiger partial charge is 0.493 e. The molecule has 0 bridgehead atoms. The molecule has 3 aliphatic rings. The van der Waals surface area contributed by atoms with Crippen LogP contribution in [-0.4, -0.2) is 77.9 Å². The van der Waals surface area contributed by atoms with E-state index in [1.807, 2.05) is 4.90 Å². The SMILES string of the molecule is O=c1[nH]c(COC2CCOCC2)nc2cc(OCC3CCN(C4CCN(c5ccc([N+](=O)[O-])cc5F)CC4)CC3)cc(F)c12. The van der Waals surface area contributed by atoms with Crippen molar-refractivity contribution in [1.82, 2.24) is 14.9 Å². The van der Waals surface area contributed by atoms with Crippen LogP contribution in [0.25, 0.3) is 10.9 Å². The molecule has 1 N–H and O–H groups in total. The monoisotopic (exact) mass is 613 g/mol. The van der Waals surface area contributed by atoms with Gasteiger partial charge in [0, 0.05) is 50.5 Å². The maximum absolute atomic E-state index is 14.9. The molecular formula is C31H37F2N5O6. The van der Waals surface area contributed by atoms with Crippen molar-refractivity contribution >= 4 is 22.3 Å². The molecule has 44 heavy (non-hydrogen) atoms. The highest BCUT2D eigenvalue weighted by Gasteiger charge is 2.29. The van der Waals surface area contributed by atoms with Gasteiger partial charge >= 0.3 is 0 Å². The maximum atomic E-state index is 14.9. The predicted molar refractivity (Wildman–Crippen MR) is 159 cm³/mol. The molecule has 0 radical (unpaired) electrons.